The fourth-order valence-corrected chi connectivity index (χ4v) is 2.22. The summed E-state index contributed by atoms with van der Waals surface area (Å²) in [6.45, 7) is 0. The second-order valence-corrected chi connectivity index (χ2v) is 5.13. The lowest BCUT2D eigenvalue weighted by Gasteiger charge is -2.14. The molecule has 0 unspecified atom stereocenters. The van der Waals surface area contributed by atoms with E-state index in [2.05, 4.69) is 5.32 Å². The lowest BCUT2D eigenvalue weighted by molar-refractivity contribution is -0.141. The van der Waals surface area contributed by atoms with Gasteiger partial charge in [0.15, 0.2) is 0 Å². The van der Waals surface area contributed by atoms with Crippen molar-refractivity contribution < 1.29 is 14.7 Å². The van der Waals surface area contributed by atoms with Gasteiger partial charge in [0.25, 0.3) is 0 Å². The highest BCUT2D eigenvalue weighted by Crippen LogP contribution is 2.05. The standard InChI is InChI=1S/C18H19NO3/c20-17(12-11-14-7-3-1-4-8-14)19-16(18(21)22)13-15-9-5-2-6-10-15/h1-10,16H,11-13H2,(H,19,20)(H,21,22)/t16-/m0/s1. The quantitative estimate of drug-likeness (QED) is 0.825. The van der Waals surface area contributed by atoms with Gasteiger partial charge < -0.3 is 10.4 Å². The first-order chi connectivity index (χ1) is 10.6. The summed E-state index contributed by atoms with van der Waals surface area (Å²) in [6.07, 6.45) is 1.17. The summed E-state index contributed by atoms with van der Waals surface area (Å²) < 4.78 is 0. The molecule has 0 saturated heterocycles. The summed E-state index contributed by atoms with van der Waals surface area (Å²) in [4.78, 5) is 23.2. The lowest BCUT2D eigenvalue weighted by atomic mass is 10.1. The zero-order valence-corrected chi connectivity index (χ0v) is 12.2. The molecule has 1 atom stereocenters. The van der Waals surface area contributed by atoms with Gasteiger partial charge >= 0.3 is 5.97 Å². The Hall–Kier alpha value is -2.62. The maximum absolute atomic E-state index is 11.9. The number of hydrogen-bond donors (Lipinski definition) is 2. The molecule has 0 fully saturated rings. The Bertz CT molecular complexity index is 611. The van der Waals surface area contributed by atoms with Gasteiger partial charge in [0, 0.05) is 12.8 Å². The minimum Gasteiger partial charge on any atom is -0.480 e. The molecule has 0 bridgehead atoms. The van der Waals surface area contributed by atoms with Crippen molar-refractivity contribution in [1.82, 2.24) is 5.32 Å². The van der Waals surface area contributed by atoms with E-state index in [9.17, 15) is 14.7 Å². The Kier molecular flexibility index (Phi) is 5.72. The van der Waals surface area contributed by atoms with Crippen molar-refractivity contribution in [3.05, 3.63) is 71.8 Å². The molecule has 0 aliphatic rings. The first-order valence-corrected chi connectivity index (χ1v) is 7.25. The number of amides is 1. The van der Waals surface area contributed by atoms with E-state index in [-0.39, 0.29) is 18.7 Å². The zero-order chi connectivity index (χ0) is 15.8. The summed E-state index contributed by atoms with van der Waals surface area (Å²) in [5, 5.41) is 11.9. The number of aliphatic carboxylic acids is 1. The minimum absolute atomic E-state index is 0.243. The van der Waals surface area contributed by atoms with Gasteiger partial charge in [-0.3, -0.25) is 4.79 Å². The van der Waals surface area contributed by atoms with Crippen LogP contribution in [0.2, 0.25) is 0 Å². The summed E-state index contributed by atoms with van der Waals surface area (Å²) in [5.41, 5.74) is 1.95. The first-order valence-electron chi connectivity index (χ1n) is 7.25. The van der Waals surface area contributed by atoms with Gasteiger partial charge in [0.2, 0.25) is 5.91 Å². The molecule has 2 aromatic carbocycles. The Labute approximate surface area is 129 Å². The van der Waals surface area contributed by atoms with Crippen LogP contribution in [-0.4, -0.2) is 23.0 Å². The van der Waals surface area contributed by atoms with Gasteiger partial charge in [-0.1, -0.05) is 60.7 Å². The molecular formula is C18H19NO3. The Morgan fingerprint density at radius 1 is 0.909 bits per heavy atom. The van der Waals surface area contributed by atoms with Crippen LogP contribution in [-0.2, 0) is 22.4 Å². The maximum Gasteiger partial charge on any atom is 0.326 e. The molecule has 0 saturated carbocycles. The highest BCUT2D eigenvalue weighted by molar-refractivity contribution is 5.83. The van der Waals surface area contributed by atoms with Gasteiger partial charge in [-0.15, -0.1) is 0 Å². The average Bonchev–Trinajstić information content (AvgIpc) is 2.54. The number of rotatable bonds is 7. The molecule has 0 spiro atoms. The van der Waals surface area contributed by atoms with Crippen LogP contribution in [0.1, 0.15) is 17.5 Å². The van der Waals surface area contributed by atoms with Crippen molar-refractivity contribution in [2.45, 2.75) is 25.3 Å². The smallest absolute Gasteiger partial charge is 0.326 e. The van der Waals surface area contributed by atoms with Crippen LogP contribution in [0.4, 0.5) is 0 Å². The Morgan fingerprint density at radius 3 is 2.00 bits per heavy atom. The second kappa shape index (κ2) is 7.98. The summed E-state index contributed by atoms with van der Waals surface area (Å²) in [7, 11) is 0. The summed E-state index contributed by atoms with van der Waals surface area (Å²) >= 11 is 0. The molecule has 0 aliphatic carbocycles. The first kappa shape index (κ1) is 15.8. The van der Waals surface area contributed by atoms with Crippen LogP contribution in [0.3, 0.4) is 0 Å². The number of carbonyl (C=O) groups is 2. The van der Waals surface area contributed by atoms with Crippen molar-refractivity contribution in [3.8, 4) is 0 Å². The van der Waals surface area contributed by atoms with Crippen LogP contribution in [0, 0.1) is 0 Å². The van der Waals surface area contributed by atoms with E-state index in [1.807, 2.05) is 60.7 Å². The van der Waals surface area contributed by atoms with Crippen LogP contribution >= 0.6 is 0 Å². The monoisotopic (exact) mass is 297 g/mol. The predicted octanol–water partition coefficient (Wildman–Crippen LogP) is 2.43. The Balaban J connectivity index is 1.88. The van der Waals surface area contributed by atoms with E-state index >= 15 is 0 Å². The second-order valence-electron chi connectivity index (χ2n) is 5.13. The van der Waals surface area contributed by atoms with Crippen molar-refractivity contribution >= 4 is 11.9 Å². The predicted molar refractivity (Wildman–Crippen MR) is 84.5 cm³/mol. The maximum atomic E-state index is 11.9. The molecule has 22 heavy (non-hydrogen) atoms. The molecule has 0 heterocycles. The van der Waals surface area contributed by atoms with E-state index in [1.54, 1.807) is 0 Å². The minimum atomic E-state index is -1.02. The molecule has 0 aliphatic heterocycles. The van der Waals surface area contributed by atoms with Crippen molar-refractivity contribution in [2.75, 3.05) is 0 Å². The van der Waals surface area contributed by atoms with Crippen LogP contribution < -0.4 is 5.32 Å². The molecule has 0 radical (unpaired) electrons. The van der Waals surface area contributed by atoms with E-state index in [0.29, 0.717) is 6.42 Å². The Morgan fingerprint density at radius 2 is 1.45 bits per heavy atom. The molecular weight excluding hydrogens is 278 g/mol. The van der Waals surface area contributed by atoms with E-state index < -0.39 is 12.0 Å². The number of carbonyl (C=O) groups excluding carboxylic acids is 1. The topological polar surface area (TPSA) is 66.4 Å². The SMILES string of the molecule is O=C(CCc1ccccc1)N[C@@H](Cc1ccccc1)C(=O)O. The number of nitrogens with one attached hydrogen (secondary N) is 1. The van der Waals surface area contributed by atoms with Gasteiger partial charge in [0.05, 0.1) is 0 Å². The van der Waals surface area contributed by atoms with Crippen molar-refractivity contribution in [3.63, 3.8) is 0 Å². The molecule has 4 nitrogen and oxygen atoms in total. The third-order valence-corrected chi connectivity index (χ3v) is 3.40. The highest BCUT2D eigenvalue weighted by atomic mass is 16.4. The molecule has 1 amide bonds. The molecule has 4 heteroatoms. The molecule has 0 aromatic heterocycles. The average molecular weight is 297 g/mol. The van der Waals surface area contributed by atoms with Gasteiger partial charge in [-0.05, 0) is 17.5 Å². The fourth-order valence-electron chi connectivity index (χ4n) is 2.22. The van der Waals surface area contributed by atoms with Crippen LogP contribution in [0.15, 0.2) is 60.7 Å². The van der Waals surface area contributed by atoms with Crippen molar-refractivity contribution in [2.24, 2.45) is 0 Å². The van der Waals surface area contributed by atoms with E-state index in [0.717, 1.165) is 11.1 Å². The molecule has 114 valence electrons. The summed E-state index contributed by atoms with van der Waals surface area (Å²) in [6, 6.07) is 18.0. The van der Waals surface area contributed by atoms with Crippen LogP contribution in [0.25, 0.3) is 0 Å². The third-order valence-electron chi connectivity index (χ3n) is 3.40. The number of hydrogen-bond acceptors (Lipinski definition) is 2. The van der Waals surface area contributed by atoms with Crippen LogP contribution in [0.5, 0.6) is 0 Å². The largest absolute Gasteiger partial charge is 0.480 e. The van der Waals surface area contributed by atoms with E-state index in [4.69, 9.17) is 0 Å². The molecule has 2 rings (SSSR count). The summed E-state index contributed by atoms with van der Waals surface area (Å²) in [5.74, 6) is -1.26. The van der Waals surface area contributed by atoms with E-state index in [1.165, 1.54) is 0 Å². The molecule has 2 N–H and O–H groups in total. The van der Waals surface area contributed by atoms with Gasteiger partial charge in [-0.25, -0.2) is 4.79 Å². The number of aryl methyl sites for hydroxylation is 1. The lowest BCUT2D eigenvalue weighted by Crippen LogP contribution is -2.42. The normalized spacial score (nSPS) is 11.6. The number of benzene rings is 2. The fraction of sp³-hybridized carbons (Fsp3) is 0.222. The zero-order valence-electron chi connectivity index (χ0n) is 12.2. The molecule has 2 aromatic rings. The highest BCUT2D eigenvalue weighted by Gasteiger charge is 2.20. The van der Waals surface area contributed by atoms with Crippen molar-refractivity contribution in [1.29, 1.82) is 0 Å². The third kappa shape index (κ3) is 5.05. The number of carboxylic acid groups (broad SMARTS) is 1. The van der Waals surface area contributed by atoms with Gasteiger partial charge in [-0.2, -0.15) is 0 Å². The number of carboxylic acids is 1. The van der Waals surface area contributed by atoms with Gasteiger partial charge in [0.1, 0.15) is 6.04 Å².